The number of aliphatic hydroxyl groups excluding tert-OH is 4. The van der Waals surface area contributed by atoms with Crippen molar-refractivity contribution in [2.75, 3.05) is 6.61 Å². The molecule has 0 radical (unpaired) electrons. The van der Waals surface area contributed by atoms with Crippen LogP contribution in [0.1, 0.15) is 54.0 Å². The minimum atomic E-state index is -1.38. The maximum atomic E-state index is 10.4. The molecule has 0 bridgehead atoms. The molecule has 31 heavy (non-hydrogen) atoms. The lowest BCUT2D eigenvalue weighted by atomic mass is 9.89. The highest BCUT2D eigenvalue weighted by Gasteiger charge is 2.43. The predicted molar refractivity (Wildman–Crippen MR) is 116 cm³/mol. The fraction of sp³-hybridized carbons (Fsp3) is 0.520. The van der Waals surface area contributed by atoms with Crippen molar-refractivity contribution in [1.29, 1.82) is 0 Å². The van der Waals surface area contributed by atoms with Gasteiger partial charge in [0.15, 0.2) is 0 Å². The number of aliphatic hydroxyl groups is 4. The van der Waals surface area contributed by atoms with Crippen LogP contribution >= 0.6 is 0 Å². The minimum Gasteiger partial charge on any atom is -0.490 e. The molecular formula is C25H32O6. The first kappa shape index (κ1) is 22.2. The molecule has 4 rings (SSSR count). The van der Waals surface area contributed by atoms with Gasteiger partial charge in [0, 0.05) is 0 Å². The third-order valence-electron chi connectivity index (χ3n) is 6.52. The zero-order chi connectivity index (χ0) is 22.0. The van der Waals surface area contributed by atoms with Crippen LogP contribution in [-0.2, 0) is 11.2 Å². The maximum absolute atomic E-state index is 10.4. The summed E-state index contributed by atoms with van der Waals surface area (Å²) in [5, 5.41) is 40.0. The summed E-state index contributed by atoms with van der Waals surface area (Å²) < 4.78 is 11.8. The number of aryl methyl sites for hydroxylation is 1. The summed E-state index contributed by atoms with van der Waals surface area (Å²) in [6.07, 6.45) is 0.0400. The van der Waals surface area contributed by atoms with Crippen LogP contribution in [0.25, 0.3) is 0 Å². The second kappa shape index (κ2) is 9.67. The van der Waals surface area contributed by atoms with Crippen molar-refractivity contribution in [2.24, 2.45) is 0 Å². The summed E-state index contributed by atoms with van der Waals surface area (Å²) in [6, 6.07) is 14.0. The van der Waals surface area contributed by atoms with Gasteiger partial charge in [0.1, 0.15) is 36.3 Å². The lowest BCUT2D eigenvalue weighted by Crippen LogP contribution is -2.55. The monoisotopic (exact) mass is 428 g/mol. The molecule has 1 saturated heterocycles. The van der Waals surface area contributed by atoms with E-state index in [1.807, 2.05) is 37.3 Å². The quantitative estimate of drug-likeness (QED) is 0.564. The maximum Gasteiger partial charge on any atom is 0.119 e. The van der Waals surface area contributed by atoms with E-state index in [0.29, 0.717) is 18.1 Å². The third kappa shape index (κ3) is 4.94. The second-order valence-electron chi connectivity index (χ2n) is 8.78. The van der Waals surface area contributed by atoms with E-state index in [0.717, 1.165) is 35.3 Å². The van der Waals surface area contributed by atoms with E-state index in [1.165, 1.54) is 12.8 Å². The number of benzene rings is 2. The molecule has 2 aliphatic rings. The molecule has 168 valence electrons. The molecule has 0 spiro atoms. The number of ether oxygens (including phenoxy) is 2. The van der Waals surface area contributed by atoms with Gasteiger partial charge in [-0.2, -0.15) is 0 Å². The van der Waals surface area contributed by atoms with Crippen LogP contribution < -0.4 is 4.74 Å². The second-order valence-corrected chi connectivity index (χ2v) is 8.78. The van der Waals surface area contributed by atoms with Crippen LogP contribution in [0.15, 0.2) is 42.5 Å². The molecule has 6 nitrogen and oxygen atoms in total. The van der Waals surface area contributed by atoms with Crippen LogP contribution in [0.2, 0.25) is 0 Å². The zero-order valence-electron chi connectivity index (χ0n) is 17.9. The first-order valence-corrected chi connectivity index (χ1v) is 11.1. The Morgan fingerprint density at radius 1 is 0.935 bits per heavy atom. The topological polar surface area (TPSA) is 99.4 Å². The Hall–Kier alpha value is -1.96. The Labute approximate surface area is 183 Å². The normalized spacial score (nSPS) is 29.3. The van der Waals surface area contributed by atoms with Crippen molar-refractivity contribution in [3.8, 4) is 5.75 Å². The molecular weight excluding hydrogens is 396 g/mol. The van der Waals surface area contributed by atoms with Gasteiger partial charge in [-0.3, -0.25) is 0 Å². The Morgan fingerprint density at radius 3 is 2.32 bits per heavy atom. The SMILES string of the molecule is Cc1ccc(C2OC(CO)[C@@H](O)C(O)[C@H]2O)cc1Cc1ccc(OC2CCCC2)cc1. The van der Waals surface area contributed by atoms with E-state index in [1.54, 1.807) is 0 Å². The Morgan fingerprint density at radius 2 is 1.65 bits per heavy atom. The van der Waals surface area contributed by atoms with Crippen molar-refractivity contribution in [3.05, 3.63) is 64.7 Å². The van der Waals surface area contributed by atoms with Gasteiger partial charge in [-0.15, -0.1) is 0 Å². The Balaban J connectivity index is 1.49. The highest BCUT2D eigenvalue weighted by molar-refractivity contribution is 5.38. The fourth-order valence-corrected chi connectivity index (χ4v) is 4.54. The van der Waals surface area contributed by atoms with Gasteiger partial charge in [-0.1, -0.05) is 30.3 Å². The fourth-order valence-electron chi connectivity index (χ4n) is 4.54. The van der Waals surface area contributed by atoms with E-state index in [2.05, 4.69) is 12.1 Å². The molecule has 1 heterocycles. The van der Waals surface area contributed by atoms with Crippen LogP contribution in [0.5, 0.6) is 5.75 Å². The molecule has 3 unspecified atom stereocenters. The van der Waals surface area contributed by atoms with E-state index in [4.69, 9.17) is 9.47 Å². The Bertz CT molecular complexity index is 859. The molecule has 0 amide bonds. The average molecular weight is 429 g/mol. The smallest absolute Gasteiger partial charge is 0.119 e. The average Bonchev–Trinajstić information content (AvgIpc) is 3.28. The van der Waals surface area contributed by atoms with Gasteiger partial charge in [0.05, 0.1) is 12.7 Å². The van der Waals surface area contributed by atoms with Crippen LogP contribution in [0, 0.1) is 6.92 Å². The molecule has 1 saturated carbocycles. The van der Waals surface area contributed by atoms with Gasteiger partial charge >= 0.3 is 0 Å². The standard InChI is InChI=1S/C25H32O6/c1-15-6-9-17(25-24(29)23(28)22(27)21(14-26)31-25)13-18(15)12-16-7-10-20(11-8-16)30-19-4-2-3-5-19/h6-11,13,19,21-29H,2-5,12,14H2,1H3/t21?,22-,23?,24-,25?/m1/s1. The van der Waals surface area contributed by atoms with Crippen molar-refractivity contribution in [1.82, 2.24) is 0 Å². The van der Waals surface area contributed by atoms with Gasteiger partial charge in [0.25, 0.3) is 0 Å². The van der Waals surface area contributed by atoms with Gasteiger partial charge in [-0.05, 0) is 73.4 Å². The summed E-state index contributed by atoms with van der Waals surface area (Å²) in [5.74, 6) is 0.905. The largest absolute Gasteiger partial charge is 0.490 e. The molecule has 6 heteroatoms. The molecule has 0 aromatic heterocycles. The van der Waals surface area contributed by atoms with Gasteiger partial charge in [-0.25, -0.2) is 0 Å². The number of hydrogen-bond acceptors (Lipinski definition) is 6. The van der Waals surface area contributed by atoms with Crippen molar-refractivity contribution >= 4 is 0 Å². The molecule has 4 N–H and O–H groups in total. The van der Waals surface area contributed by atoms with Crippen LogP contribution in [0.3, 0.4) is 0 Å². The number of rotatable bonds is 6. The molecule has 2 fully saturated rings. The highest BCUT2D eigenvalue weighted by atomic mass is 16.5. The van der Waals surface area contributed by atoms with E-state index in [-0.39, 0.29) is 0 Å². The minimum absolute atomic E-state index is 0.336. The molecule has 2 aromatic rings. The third-order valence-corrected chi connectivity index (χ3v) is 6.52. The van der Waals surface area contributed by atoms with E-state index in [9.17, 15) is 20.4 Å². The first-order valence-electron chi connectivity index (χ1n) is 11.1. The lowest BCUT2D eigenvalue weighted by molar-refractivity contribution is -0.231. The number of hydrogen-bond donors (Lipinski definition) is 4. The Kier molecular flexibility index (Phi) is 6.94. The molecule has 1 aliphatic heterocycles. The summed E-state index contributed by atoms with van der Waals surface area (Å²) in [7, 11) is 0. The van der Waals surface area contributed by atoms with Crippen molar-refractivity contribution in [2.45, 2.75) is 75.7 Å². The summed E-state index contributed by atoms with van der Waals surface area (Å²) in [4.78, 5) is 0. The van der Waals surface area contributed by atoms with Crippen molar-refractivity contribution < 1.29 is 29.9 Å². The zero-order valence-corrected chi connectivity index (χ0v) is 17.9. The van der Waals surface area contributed by atoms with E-state index < -0.39 is 37.1 Å². The highest BCUT2D eigenvalue weighted by Crippen LogP contribution is 2.33. The summed E-state index contributed by atoms with van der Waals surface area (Å²) in [5.41, 5.74) is 4.05. The van der Waals surface area contributed by atoms with Gasteiger partial charge in [0.2, 0.25) is 0 Å². The predicted octanol–water partition coefficient (Wildman–Crippen LogP) is 2.42. The molecule has 2 aromatic carbocycles. The van der Waals surface area contributed by atoms with Crippen LogP contribution in [-0.4, -0.2) is 57.6 Å². The lowest BCUT2D eigenvalue weighted by Gasteiger charge is -2.40. The summed E-state index contributed by atoms with van der Waals surface area (Å²) in [6.45, 7) is 1.60. The summed E-state index contributed by atoms with van der Waals surface area (Å²) >= 11 is 0. The van der Waals surface area contributed by atoms with Crippen LogP contribution in [0.4, 0.5) is 0 Å². The van der Waals surface area contributed by atoms with Crippen molar-refractivity contribution in [3.63, 3.8) is 0 Å². The molecule has 1 aliphatic carbocycles. The molecule has 5 atom stereocenters. The van der Waals surface area contributed by atoms with E-state index >= 15 is 0 Å². The van der Waals surface area contributed by atoms with Gasteiger partial charge < -0.3 is 29.9 Å². The first-order chi connectivity index (χ1) is 15.0.